The molecule has 0 bridgehead atoms. The molecule has 2 rings (SSSR count). The molecule has 6 heteroatoms. The quantitative estimate of drug-likeness (QED) is 0.736. The molecule has 0 spiro atoms. The lowest BCUT2D eigenvalue weighted by atomic mass is 10.1. The van der Waals surface area contributed by atoms with Gasteiger partial charge < -0.3 is 10.3 Å². The Bertz CT molecular complexity index is 692. The van der Waals surface area contributed by atoms with Crippen molar-refractivity contribution in [3.63, 3.8) is 0 Å². The van der Waals surface area contributed by atoms with Crippen LogP contribution in [0.1, 0.15) is 25.1 Å². The molecule has 0 fully saturated rings. The monoisotopic (exact) mass is 307 g/mol. The molecular weight excluding hydrogens is 286 g/mol. The second-order valence-corrected chi connectivity index (χ2v) is 6.44. The molecule has 3 N–H and O–H groups in total. The van der Waals surface area contributed by atoms with E-state index < -0.39 is 10.0 Å². The Hall–Kier alpha value is -1.79. The fourth-order valence-corrected chi connectivity index (χ4v) is 3.19. The van der Waals surface area contributed by atoms with Gasteiger partial charge in [0.05, 0.1) is 5.69 Å². The van der Waals surface area contributed by atoms with Gasteiger partial charge in [-0.2, -0.15) is 0 Å². The number of nitrogens with one attached hydrogen (secondary N) is 3. The Morgan fingerprint density at radius 2 is 1.95 bits per heavy atom. The highest BCUT2D eigenvalue weighted by Crippen LogP contribution is 2.20. The van der Waals surface area contributed by atoms with Crippen molar-refractivity contribution in [2.24, 2.45) is 0 Å². The molecular formula is C15H21N3O2S. The zero-order chi connectivity index (χ0) is 15.3. The lowest BCUT2D eigenvalue weighted by Crippen LogP contribution is -2.14. The van der Waals surface area contributed by atoms with Crippen LogP contribution in [0.2, 0.25) is 0 Å². The second kappa shape index (κ2) is 6.78. The van der Waals surface area contributed by atoms with Crippen molar-refractivity contribution in [1.82, 2.24) is 10.3 Å². The molecule has 0 saturated carbocycles. The van der Waals surface area contributed by atoms with E-state index in [-0.39, 0.29) is 4.90 Å². The van der Waals surface area contributed by atoms with Crippen molar-refractivity contribution in [2.45, 2.75) is 31.7 Å². The molecule has 0 amide bonds. The normalized spacial score (nSPS) is 11.5. The molecule has 2 aromatic rings. The van der Waals surface area contributed by atoms with E-state index in [2.05, 4.69) is 15.0 Å². The van der Waals surface area contributed by atoms with E-state index >= 15 is 0 Å². The molecule has 1 aromatic carbocycles. The van der Waals surface area contributed by atoms with Crippen LogP contribution in [-0.4, -0.2) is 19.9 Å². The minimum Gasteiger partial charge on any atom is -0.363 e. The van der Waals surface area contributed by atoms with Crippen LogP contribution in [0.5, 0.6) is 0 Å². The van der Waals surface area contributed by atoms with Gasteiger partial charge in [-0.25, -0.2) is 8.42 Å². The number of aromatic amines is 1. The first-order chi connectivity index (χ1) is 10.1. The zero-order valence-corrected chi connectivity index (χ0v) is 13.1. The van der Waals surface area contributed by atoms with Gasteiger partial charge in [-0.3, -0.25) is 4.72 Å². The smallest absolute Gasteiger partial charge is 0.263 e. The minimum atomic E-state index is -3.56. The van der Waals surface area contributed by atoms with Gasteiger partial charge in [0.25, 0.3) is 10.0 Å². The topological polar surface area (TPSA) is 74.0 Å². The highest BCUT2D eigenvalue weighted by molar-refractivity contribution is 7.92. The van der Waals surface area contributed by atoms with Gasteiger partial charge in [0.1, 0.15) is 4.90 Å². The molecule has 5 nitrogen and oxygen atoms in total. The summed E-state index contributed by atoms with van der Waals surface area (Å²) < 4.78 is 27.5. The van der Waals surface area contributed by atoms with Crippen molar-refractivity contribution in [3.8, 4) is 0 Å². The maximum Gasteiger partial charge on any atom is 0.263 e. The van der Waals surface area contributed by atoms with Crippen molar-refractivity contribution in [3.05, 3.63) is 47.8 Å². The van der Waals surface area contributed by atoms with Gasteiger partial charge >= 0.3 is 0 Å². The maximum atomic E-state index is 12.4. The summed E-state index contributed by atoms with van der Waals surface area (Å²) in [5.41, 5.74) is 2.46. The molecule has 1 heterocycles. The van der Waals surface area contributed by atoms with Crippen LogP contribution in [0.15, 0.2) is 41.4 Å². The number of rotatable bonds is 7. The van der Waals surface area contributed by atoms with Crippen LogP contribution in [0, 0.1) is 0 Å². The number of sulfonamides is 1. The van der Waals surface area contributed by atoms with Gasteiger partial charge in [0, 0.05) is 18.4 Å². The highest BCUT2D eigenvalue weighted by atomic mass is 32.2. The summed E-state index contributed by atoms with van der Waals surface area (Å²) in [6.07, 6.45) is 2.29. The number of aromatic nitrogens is 1. The zero-order valence-electron chi connectivity index (χ0n) is 12.3. The molecule has 114 valence electrons. The number of anilines is 1. The lowest BCUT2D eigenvalue weighted by molar-refractivity contribution is 0.601. The average molecular weight is 307 g/mol. The molecule has 0 saturated heterocycles. The first-order valence-corrected chi connectivity index (χ1v) is 8.54. The standard InChI is InChI=1S/C15H21N3O2S/c1-3-12-7-5-6-8-15(12)18-21(19,20)14-9-13(17-11-14)10-16-4-2/h5-9,11,16-18H,3-4,10H2,1-2H3. The molecule has 0 unspecified atom stereocenters. The summed E-state index contributed by atoms with van der Waals surface area (Å²) in [4.78, 5) is 3.23. The van der Waals surface area contributed by atoms with Gasteiger partial charge in [0.2, 0.25) is 0 Å². The second-order valence-electron chi connectivity index (χ2n) is 4.76. The van der Waals surface area contributed by atoms with E-state index in [1.54, 1.807) is 12.1 Å². The number of aryl methyl sites for hydroxylation is 1. The van der Waals surface area contributed by atoms with E-state index in [9.17, 15) is 8.42 Å². The summed E-state index contributed by atoms with van der Waals surface area (Å²) in [7, 11) is -3.56. The van der Waals surface area contributed by atoms with Crippen LogP contribution in [-0.2, 0) is 23.0 Å². The first-order valence-electron chi connectivity index (χ1n) is 7.05. The van der Waals surface area contributed by atoms with Crippen LogP contribution < -0.4 is 10.0 Å². The number of H-pyrrole nitrogens is 1. The molecule has 1 aromatic heterocycles. The van der Waals surface area contributed by atoms with Crippen LogP contribution in [0.25, 0.3) is 0 Å². The van der Waals surface area contributed by atoms with E-state index in [0.29, 0.717) is 12.2 Å². The Labute approximate surface area is 125 Å². The Morgan fingerprint density at radius 1 is 1.19 bits per heavy atom. The highest BCUT2D eigenvalue weighted by Gasteiger charge is 2.17. The van der Waals surface area contributed by atoms with Gasteiger partial charge in [-0.1, -0.05) is 32.0 Å². The maximum absolute atomic E-state index is 12.4. The third-order valence-electron chi connectivity index (χ3n) is 3.23. The van der Waals surface area contributed by atoms with Crippen molar-refractivity contribution < 1.29 is 8.42 Å². The Balaban J connectivity index is 2.20. The summed E-state index contributed by atoms with van der Waals surface area (Å²) in [5.74, 6) is 0. The predicted molar refractivity (Wildman–Crippen MR) is 84.8 cm³/mol. The summed E-state index contributed by atoms with van der Waals surface area (Å²) in [5, 5.41) is 3.15. The minimum absolute atomic E-state index is 0.251. The van der Waals surface area contributed by atoms with Gasteiger partial charge in [-0.05, 0) is 30.7 Å². The number of hydrogen-bond acceptors (Lipinski definition) is 3. The average Bonchev–Trinajstić information content (AvgIpc) is 2.95. The van der Waals surface area contributed by atoms with E-state index in [1.807, 2.05) is 32.0 Å². The molecule has 21 heavy (non-hydrogen) atoms. The summed E-state index contributed by atoms with van der Waals surface area (Å²) in [6, 6.07) is 9.08. The Kier molecular flexibility index (Phi) is 5.03. The summed E-state index contributed by atoms with van der Waals surface area (Å²) in [6.45, 7) is 5.46. The molecule has 0 aliphatic rings. The molecule has 0 aliphatic heterocycles. The van der Waals surface area contributed by atoms with Crippen LogP contribution in [0.4, 0.5) is 5.69 Å². The first kappa shape index (κ1) is 15.6. The Morgan fingerprint density at radius 3 is 2.67 bits per heavy atom. The molecule has 0 atom stereocenters. The van der Waals surface area contributed by atoms with Crippen molar-refractivity contribution in [1.29, 1.82) is 0 Å². The van der Waals surface area contributed by atoms with E-state index in [4.69, 9.17) is 0 Å². The SMILES string of the molecule is CCNCc1cc(S(=O)(=O)Nc2ccccc2CC)c[nH]1. The predicted octanol–water partition coefficient (Wildman–Crippen LogP) is 2.49. The third kappa shape index (κ3) is 3.86. The van der Waals surface area contributed by atoms with Gasteiger partial charge in [-0.15, -0.1) is 0 Å². The van der Waals surface area contributed by atoms with Gasteiger partial charge in [0.15, 0.2) is 0 Å². The fourth-order valence-electron chi connectivity index (χ4n) is 2.07. The largest absolute Gasteiger partial charge is 0.363 e. The van der Waals surface area contributed by atoms with Crippen molar-refractivity contribution in [2.75, 3.05) is 11.3 Å². The molecule has 0 aliphatic carbocycles. The number of benzene rings is 1. The van der Waals surface area contributed by atoms with Crippen LogP contribution in [0.3, 0.4) is 0 Å². The third-order valence-corrected chi connectivity index (χ3v) is 4.58. The fraction of sp³-hybridized carbons (Fsp3) is 0.333. The number of hydrogen-bond donors (Lipinski definition) is 3. The molecule has 0 radical (unpaired) electrons. The van der Waals surface area contributed by atoms with E-state index in [1.165, 1.54) is 6.20 Å². The van der Waals surface area contributed by atoms with E-state index in [0.717, 1.165) is 24.2 Å². The summed E-state index contributed by atoms with van der Waals surface area (Å²) >= 11 is 0. The lowest BCUT2D eigenvalue weighted by Gasteiger charge is -2.10. The van der Waals surface area contributed by atoms with Crippen LogP contribution >= 0.6 is 0 Å². The van der Waals surface area contributed by atoms with Crippen molar-refractivity contribution >= 4 is 15.7 Å². The number of para-hydroxylation sites is 1.